The Hall–Kier alpha value is -1.91. The third-order valence-electron chi connectivity index (χ3n) is 3.46. The second-order valence-corrected chi connectivity index (χ2v) is 5.73. The SMILES string of the molecule is OC(Cc1ccccc1Br)c1cn[nH]c1-c1ccccc1. The van der Waals surface area contributed by atoms with Crippen molar-refractivity contribution in [2.45, 2.75) is 12.5 Å². The Labute approximate surface area is 131 Å². The summed E-state index contributed by atoms with van der Waals surface area (Å²) in [7, 11) is 0. The Morgan fingerprint density at radius 3 is 2.52 bits per heavy atom. The second-order valence-electron chi connectivity index (χ2n) is 4.88. The van der Waals surface area contributed by atoms with Gasteiger partial charge in [0.15, 0.2) is 0 Å². The Bertz CT molecular complexity index is 724. The number of benzene rings is 2. The van der Waals surface area contributed by atoms with Crippen LogP contribution >= 0.6 is 15.9 Å². The molecule has 0 saturated heterocycles. The molecule has 2 N–H and O–H groups in total. The van der Waals surface area contributed by atoms with Crippen molar-refractivity contribution in [2.75, 3.05) is 0 Å². The highest BCUT2D eigenvalue weighted by atomic mass is 79.9. The number of nitrogens with zero attached hydrogens (tertiary/aromatic N) is 1. The summed E-state index contributed by atoms with van der Waals surface area (Å²) in [5, 5.41) is 17.6. The highest BCUT2D eigenvalue weighted by molar-refractivity contribution is 9.10. The van der Waals surface area contributed by atoms with Crippen LogP contribution in [0.15, 0.2) is 65.3 Å². The molecule has 0 fully saturated rings. The topological polar surface area (TPSA) is 48.9 Å². The van der Waals surface area contributed by atoms with Gasteiger partial charge < -0.3 is 5.11 Å². The van der Waals surface area contributed by atoms with Crippen LogP contribution in [0.4, 0.5) is 0 Å². The molecule has 0 saturated carbocycles. The number of hydrogen-bond donors (Lipinski definition) is 2. The van der Waals surface area contributed by atoms with Crippen molar-refractivity contribution in [1.82, 2.24) is 10.2 Å². The van der Waals surface area contributed by atoms with E-state index >= 15 is 0 Å². The Balaban J connectivity index is 1.88. The van der Waals surface area contributed by atoms with Crippen molar-refractivity contribution in [3.8, 4) is 11.3 Å². The molecule has 2 aromatic carbocycles. The van der Waals surface area contributed by atoms with Gasteiger partial charge in [-0.05, 0) is 17.2 Å². The molecule has 0 spiro atoms. The van der Waals surface area contributed by atoms with Crippen molar-refractivity contribution < 1.29 is 5.11 Å². The van der Waals surface area contributed by atoms with Gasteiger partial charge in [0.1, 0.15) is 0 Å². The number of aliphatic hydroxyl groups excluding tert-OH is 1. The Morgan fingerprint density at radius 1 is 1.05 bits per heavy atom. The molecular formula is C17H15BrN2O. The first kappa shape index (κ1) is 14.0. The monoisotopic (exact) mass is 342 g/mol. The standard InChI is InChI=1S/C17H15BrN2O/c18-15-9-5-4-8-13(15)10-16(21)14-11-19-20-17(14)12-6-2-1-3-7-12/h1-9,11,16,21H,10H2,(H,19,20). The first-order valence-electron chi connectivity index (χ1n) is 6.76. The zero-order valence-corrected chi connectivity index (χ0v) is 12.9. The van der Waals surface area contributed by atoms with E-state index in [0.29, 0.717) is 6.42 Å². The lowest BCUT2D eigenvalue weighted by Gasteiger charge is -2.12. The van der Waals surface area contributed by atoms with Crippen molar-refractivity contribution in [1.29, 1.82) is 0 Å². The van der Waals surface area contributed by atoms with E-state index < -0.39 is 6.10 Å². The maximum Gasteiger partial charge on any atom is 0.0867 e. The molecule has 3 rings (SSSR count). The number of nitrogens with one attached hydrogen (secondary N) is 1. The van der Waals surface area contributed by atoms with E-state index in [1.54, 1.807) is 6.20 Å². The van der Waals surface area contributed by atoms with Crippen LogP contribution < -0.4 is 0 Å². The van der Waals surface area contributed by atoms with Gasteiger partial charge in [-0.3, -0.25) is 5.10 Å². The summed E-state index contributed by atoms with van der Waals surface area (Å²) < 4.78 is 1.01. The summed E-state index contributed by atoms with van der Waals surface area (Å²) in [5.41, 5.74) is 3.79. The summed E-state index contributed by atoms with van der Waals surface area (Å²) in [6.07, 6.45) is 1.64. The molecule has 0 aliphatic heterocycles. The summed E-state index contributed by atoms with van der Waals surface area (Å²) >= 11 is 3.52. The van der Waals surface area contributed by atoms with Crippen LogP contribution in [0.2, 0.25) is 0 Å². The van der Waals surface area contributed by atoms with Crippen molar-refractivity contribution >= 4 is 15.9 Å². The predicted molar refractivity (Wildman–Crippen MR) is 86.8 cm³/mol. The fourth-order valence-corrected chi connectivity index (χ4v) is 2.81. The molecule has 3 aromatic rings. The number of H-pyrrole nitrogens is 1. The van der Waals surface area contributed by atoms with Gasteiger partial charge in [-0.2, -0.15) is 5.10 Å². The van der Waals surface area contributed by atoms with Crippen molar-refractivity contribution in [3.05, 3.63) is 76.4 Å². The molecule has 4 heteroatoms. The number of aromatic nitrogens is 2. The van der Waals surface area contributed by atoms with Crippen LogP contribution in [0.5, 0.6) is 0 Å². The molecule has 21 heavy (non-hydrogen) atoms. The molecule has 0 amide bonds. The number of hydrogen-bond acceptors (Lipinski definition) is 2. The van der Waals surface area contributed by atoms with Crippen LogP contribution in [0, 0.1) is 0 Å². The van der Waals surface area contributed by atoms with E-state index in [1.807, 2.05) is 54.6 Å². The molecule has 0 bridgehead atoms. The molecule has 1 unspecified atom stereocenters. The molecule has 3 nitrogen and oxygen atoms in total. The van der Waals surface area contributed by atoms with E-state index in [-0.39, 0.29) is 0 Å². The van der Waals surface area contributed by atoms with E-state index in [4.69, 9.17) is 0 Å². The maximum absolute atomic E-state index is 10.5. The third kappa shape index (κ3) is 3.06. The highest BCUT2D eigenvalue weighted by Crippen LogP contribution is 2.29. The fourth-order valence-electron chi connectivity index (χ4n) is 2.37. The Kier molecular flexibility index (Phi) is 4.18. The molecular weight excluding hydrogens is 328 g/mol. The number of rotatable bonds is 4. The highest BCUT2D eigenvalue weighted by Gasteiger charge is 2.17. The van der Waals surface area contributed by atoms with Gasteiger partial charge in [-0.25, -0.2) is 0 Å². The van der Waals surface area contributed by atoms with Crippen molar-refractivity contribution in [2.24, 2.45) is 0 Å². The van der Waals surface area contributed by atoms with Gasteiger partial charge in [0.25, 0.3) is 0 Å². The fraction of sp³-hybridized carbons (Fsp3) is 0.118. The van der Waals surface area contributed by atoms with Crippen molar-refractivity contribution in [3.63, 3.8) is 0 Å². The summed E-state index contributed by atoms with van der Waals surface area (Å²) in [4.78, 5) is 0. The van der Waals surface area contributed by atoms with E-state index in [2.05, 4.69) is 26.1 Å². The minimum Gasteiger partial charge on any atom is -0.388 e. The van der Waals surface area contributed by atoms with Gasteiger partial charge in [-0.15, -0.1) is 0 Å². The number of aromatic amines is 1. The van der Waals surface area contributed by atoms with E-state index in [1.165, 1.54) is 0 Å². The van der Waals surface area contributed by atoms with Crippen LogP contribution in [0.3, 0.4) is 0 Å². The van der Waals surface area contributed by atoms with Crippen LogP contribution in [0.25, 0.3) is 11.3 Å². The summed E-state index contributed by atoms with van der Waals surface area (Å²) in [6, 6.07) is 17.8. The molecule has 1 atom stereocenters. The smallest absolute Gasteiger partial charge is 0.0867 e. The largest absolute Gasteiger partial charge is 0.388 e. The van der Waals surface area contributed by atoms with E-state index in [9.17, 15) is 5.11 Å². The number of halogens is 1. The third-order valence-corrected chi connectivity index (χ3v) is 4.23. The second kappa shape index (κ2) is 6.24. The zero-order chi connectivity index (χ0) is 14.7. The Morgan fingerprint density at radius 2 is 1.76 bits per heavy atom. The minimum absolute atomic E-state index is 0.542. The van der Waals surface area contributed by atoms with Gasteiger partial charge in [0, 0.05) is 16.5 Å². The van der Waals surface area contributed by atoms with Crippen LogP contribution in [-0.4, -0.2) is 15.3 Å². The molecule has 0 radical (unpaired) electrons. The normalized spacial score (nSPS) is 12.3. The first-order chi connectivity index (χ1) is 10.3. The molecule has 106 valence electrons. The molecule has 0 aliphatic rings. The quantitative estimate of drug-likeness (QED) is 0.749. The summed E-state index contributed by atoms with van der Waals surface area (Å²) in [5.74, 6) is 0. The lowest BCUT2D eigenvalue weighted by molar-refractivity contribution is 0.179. The van der Waals surface area contributed by atoms with Gasteiger partial charge in [-0.1, -0.05) is 64.5 Å². The average Bonchev–Trinajstić information content (AvgIpc) is 3.00. The summed E-state index contributed by atoms with van der Waals surface area (Å²) in [6.45, 7) is 0. The molecule has 1 aromatic heterocycles. The van der Waals surface area contributed by atoms with Crippen LogP contribution in [-0.2, 0) is 6.42 Å². The van der Waals surface area contributed by atoms with Gasteiger partial charge in [0.2, 0.25) is 0 Å². The zero-order valence-electron chi connectivity index (χ0n) is 11.3. The minimum atomic E-state index is -0.599. The van der Waals surface area contributed by atoms with Gasteiger partial charge in [0.05, 0.1) is 18.0 Å². The predicted octanol–water partition coefficient (Wildman–Crippen LogP) is 4.12. The lowest BCUT2D eigenvalue weighted by Crippen LogP contribution is -2.03. The molecule has 0 aliphatic carbocycles. The average molecular weight is 343 g/mol. The molecule has 1 heterocycles. The first-order valence-corrected chi connectivity index (χ1v) is 7.55. The number of aliphatic hydroxyl groups is 1. The lowest BCUT2D eigenvalue weighted by atomic mass is 9.99. The van der Waals surface area contributed by atoms with Gasteiger partial charge >= 0.3 is 0 Å². The maximum atomic E-state index is 10.5. The van der Waals surface area contributed by atoms with Crippen LogP contribution in [0.1, 0.15) is 17.2 Å². The van der Waals surface area contributed by atoms with E-state index in [0.717, 1.165) is 26.9 Å².